The maximum absolute atomic E-state index is 13.9. The van der Waals surface area contributed by atoms with Crippen molar-refractivity contribution in [2.75, 3.05) is 18.8 Å². The van der Waals surface area contributed by atoms with E-state index in [0.29, 0.717) is 17.1 Å². The fourth-order valence-electron chi connectivity index (χ4n) is 5.19. The molecule has 0 saturated heterocycles. The van der Waals surface area contributed by atoms with Crippen LogP contribution in [0.5, 0.6) is 0 Å². The summed E-state index contributed by atoms with van der Waals surface area (Å²) in [6, 6.07) is 23.6. The number of thiazole rings is 1. The fourth-order valence-corrected chi connectivity index (χ4v) is 7.53. The van der Waals surface area contributed by atoms with Crippen LogP contribution in [0.1, 0.15) is 37.3 Å². The van der Waals surface area contributed by atoms with E-state index in [4.69, 9.17) is 10.5 Å². The molecule has 1 aromatic heterocycles. The first-order valence-electron chi connectivity index (χ1n) is 13.5. The number of nitrogen functional groups attached to an aromatic ring is 1. The van der Waals surface area contributed by atoms with Gasteiger partial charge in [-0.1, -0.05) is 85.8 Å². The molecule has 1 amide bonds. The molecule has 3 aromatic carbocycles. The summed E-state index contributed by atoms with van der Waals surface area (Å²) in [5.74, 6) is -0.222. The van der Waals surface area contributed by atoms with Crippen molar-refractivity contribution in [3.8, 4) is 0 Å². The van der Waals surface area contributed by atoms with Crippen LogP contribution >= 0.6 is 11.3 Å². The van der Waals surface area contributed by atoms with Gasteiger partial charge in [-0.05, 0) is 41.7 Å². The van der Waals surface area contributed by atoms with Crippen LogP contribution in [0.4, 0.5) is 9.93 Å². The second-order valence-corrected chi connectivity index (χ2v) is 13.8. The van der Waals surface area contributed by atoms with Crippen molar-refractivity contribution in [3.05, 3.63) is 90.0 Å². The molecule has 1 aliphatic carbocycles. The van der Waals surface area contributed by atoms with Crippen molar-refractivity contribution in [2.45, 2.75) is 49.3 Å². The maximum atomic E-state index is 13.9. The van der Waals surface area contributed by atoms with E-state index >= 15 is 0 Å². The van der Waals surface area contributed by atoms with Crippen LogP contribution in [-0.4, -0.2) is 53.6 Å². The third-order valence-electron chi connectivity index (χ3n) is 7.31. The number of ether oxygens (including phenoxy) is 1. The monoisotopic (exact) mass is 594 g/mol. The average molecular weight is 595 g/mol. The Morgan fingerprint density at radius 2 is 1.80 bits per heavy atom. The summed E-state index contributed by atoms with van der Waals surface area (Å²) in [5.41, 5.74) is 7.01. The van der Waals surface area contributed by atoms with E-state index in [0.717, 1.165) is 15.8 Å². The zero-order valence-electron chi connectivity index (χ0n) is 22.9. The first kappa shape index (κ1) is 29.0. The standard InChI is InChI=1S/C30H34N4O5S2/c1-20(2)17-34(41(37,38)23-13-14-26-25(15-23)32-28(31)40-26)18-27(35)30(16-24(30)22-11-7-4-8-12-22)33-29(36)39-19-21-9-5-3-6-10-21/h3-15,20,24,27,35H,16-19H2,1-2H3,(H2,31,32)(H,33,36)/t24?,27-,30?/m1/s1. The van der Waals surface area contributed by atoms with Gasteiger partial charge in [-0.15, -0.1) is 0 Å². The number of sulfonamides is 1. The number of nitrogens with one attached hydrogen (secondary N) is 1. The molecular formula is C30H34N4O5S2. The van der Waals surface area contributed by atoms with Crippen LogP contribution in [-0.2, 0) is 21.4 Å². The van der Waals surface area contributed by atoms with E-state index in [2.05, 4.69) is 10.3 Å². The number of carbonyl (C=O) groups is 1. The second-order valence-electron chi connectivity index (χ2n) is 10.8. The number of aliphatic hydroxyl groups is 1. The van der Waals surface area contributed by atoms with Crippen molar-refractivity contribution in [1.82, 2.24) is 14.6 Å². The smallest absolute Gasteiger partial charge is 0.408 e. The SMILES string of the molecule is CC(C)CN(C[C@@H](O)C1(NC(=O)OCc2ccccc2)CC1c1ccccc1)S(=O)(=O)c1ccc2sc(N)nc2c1. The van der Waals surface area contributed by atoms with Crippen molar-refractivity contribution in [1.29, 1.82) is 0 Å². The maximum Gasteiger partial charge on any atom is 0.408 e. The summed E-state index contributed by atoms with van der Waals surface area (Å²) in [6.07, 6.45) is -1.43. The second kappa shape index (κ2) is 11.8. The molecule has 41 heavy (non-hydrogen) atoms. The van der Waals surface area contributed by atoms with Gasteiger partial charge in [-0.2, -0.15) is 4.31 Å². The number of carbonyl (C=O) groups excluding carboxylic acids is 1. The Morgan fingerprint density at radius 1 is 1.12 bits per heavy atom. The first-order valence-corrected chi connectivity index (χ1v) is 15.7. The molecule has 4 N–H and O–H groups in total. The number of alkyl carbamates (subject to hydrolysis) is 1. The average Bonchev–Trinajstić information content (AvgIpc) is 3.55. The predicted octanol–water partition coefficient (Wildman–Crippen LogP) is 4.74. The summed E-state index contributed by atoms with van der Waals surface area (Å²) in [7, 11) is -4.01. The Kier molecular flexibility index (Phi) is 8.32. The molecule has 0 aliphatic heterocycles. The minimum Gasteiger partial charge on any atom is -0.445 e. The fraction of sp³-hybridized carbons (Fsp3) is 0.333. The topological polar surface area (TPSA) is 135 Å². The van der Waals surface area contributed by atoms with Crippen molar-refractivity contribution in [3.63, 3.8) is 0 Å². The predicted molar refractivity (Wildman–Crippen MR) is 160 cm³/mol. The van der Waals surface area contributed by atoms with Crippen molar-refractivity contribution in [2.24, 2.45) is 5.92 Å². The molecule has 3 atom stereocenters. The normalized spacial score (nSPS) is 19.4. The molecule has 1 fully saturated rings. The molecule has 0 spiro atoms. The van der Waals surface area contributed by atoms with Crippen molar-refractivity contribution >= 4 is 42.8 Å². The highest BCUT2D eigenvalue weighted by molar-refractivity contribution is 7.89. The summed E-state index contributed by atoms with van der Waals surface area (Å²) >= 11 is 1.29. The van der Waals surface area contributed by atoms with Crippen LogP contribution in [0.3, 0.4) is 0 Å². The van der Waals surface area contributed by atoms with E-state index in [1.54, 1.807) is 6.07 Å². The van der Waals surface area contributed by atoms with Crippen LogP contribution < -0.4 is 11.1 Å². The molecule has 11 heteroatoms. The van der Waals surface area contributed by atoms with Gasteiger partial charge in [0, 0.05) is 19.0 Å². The quantitative estimate of drug-likeness (QED) is 0.228. The minimum absolute atomic E-state index is 0.0144. The van der Waals surface area contributed by atoms with E-state index < -0.39 is 27.8 Å². The number of hydrogen-bond donors (Lipinski definition) is 3. The molecule has 1 saturated carbocycles. The molecule has 4 aromatic rings. The van der Waals surface area contributed by atoms with E-state index in [-0.39, 0.29) is 36.4 Å². The summed E-state index contributed by atoms with van der Waals surface area (Å²) < 4.78 is 35.3. The molecule has 0 bridgehead atoms. The number of benzene rings is 3. The summed E-state index contributed by atoms with van der Waals surface area (Å²) in [5, 5.41) is 14.9. The van der Waals surface area contributed by atoms with Crippen LogP contribution in [0, 0.1) is 5.92 Å². The summed E-state index contributed by atoms with van der Waals surface area (Å²) in [4.78, 5) is 17.3. The number of fused-ring (bicyclic) bond motifs is 1. The molecular weight excluding hydrogens is 560 g/mol. The molecule has 5 rings (SSSR count). The molecule has 9 nitrogen and oxygen atoms in total. The van der Waals surface area contributed by atoms with Gasteiger partial charge >= 0.3 is 6.09 Å². The third kappa shape index (κ3) is 6.38. The number of anilines is 1. The minimum atomic E-state index is -4.01. The molecule has 1 heterocycles. The molecule has 2 unspecified atom stereocenters. The van der Waals surface area contributed by atoms with Gasteiger partial charge in [0.05, 0.1) is 26.8 Å². The van der Waals surface area contributed by atoms with E-state index in [1.807, 2.05) is 74.5 Å². The Balaban J connectivity index is 1.40. The largest absolute Gasteiger partial charge is 0.445 e. The van der Waals surface area contributed by atoms with E-state index in [1.165, 1.54) is 27.8 Å². The number of aliphatic hydroxyl groups excluding tert-OH is 1. The van der Waals surface area contributed by atoms with Crippen LogP contribution in [0.15, 0.2) is 83.8 Å². The molecule has 0 radical (unpaired) electrons. The highest BCUT2D eigenvalue weighted by atomic mass is 32.2. The zero-order chi connectivity index (χ0) is 29.2. The highest BCUT2D eigenvalue weighted by Gasteiger charge is 2.61. The van der Waals surface area contributed by atoms with Gasteiger partial charge in [0.25, 0.3) is 0 Å². The lowest BCUT2D eigenvalue weighted by atomic mass is 10.0. The molecule has 1 aliphatic rings. The van der Waals surface area contributed by atoms with Gasteiger partial charge in [0.15, 0.2) is 5.13 Å². The Labute approximate surface area is 244 Å². The van der Waals surface area contributed by atoms with Gasteiger partial charge in [-0.25, -0.2) is 18.2 Å². The van der Waals surface area contributed by atoms with Gasteiger partial charge < -0.3 is 20.9 Å². The Bertz CT molecular complexity index is 1610. The first-order chi connectivity index (χ1) is 19.6. The lowest BCUT2D eigenvalue weighted by Crippen LogP contribution is -2.53. The number of hydrogen-bond acceptors (Lipinski definition) is 8. The zero-order valence-corrected chi connectivity index (χ0v) is 24.6. The third-order valence-corrected chi connectivity index (χ3v) is 10.00. The number of rotatable bonds is 11. The number of amides is 1. The van der Waals surface area contributed by atoms with Gasteiger partial charge in [0.2, 0.25) is 10.0 Å². The van der Waals surface area contributed by atoms with Gasteiger partial charge in [0.1, 0.15) is 6.61 Å². The number of nitrogens with two attached hydrogens (primary N) is 1. The van der Waals surface area contributed by atoms with E-state index in [9.17, 15) is 18.3 Å². The van der Waals surface area contributed by atoms with Crippen LogP contribution in [0.2, 0.25) is 0 Å². The van der Waals surface area contributed by atoms with Crippen molar-refractivity contribution < 1.29 is 23.1 Å². The Hall–Kier alpha value is -3.51. The lowest BCUT2D eigenvalue weighted by molar-refractivity contribution is 0.0764. The summed E-state index contributed by atoms with van der Waals surface area (Å²) in [6.45, 7) is 3.88. The molecule has 216 valence electrons. The number of aromatic nitrogens is 1. The van der Waals surface area contributed by atoms with Crippen LogP contribution in [0.25, 0.3) is 10.2 Å². The highest BCUT2D eigenvalue weighted by Crippen LogP contribution is 2.54. The van der Waals surface area contributed by atoms with Gasteiger partial charge in [-0.3, -0.25) is 0 Å². The Morgan fingerprint density at radius 3 is 2.49 bits per heavy atom. The number of nitrogens with zero attached hydrogens (tertiary/aromatic N) is 2. The lowest BCUT2D eigenvalue weighted by Gasteiger charge is -2.31.